The van der Waals surface area contributed by atoms with Crippen molar-refractivity contribution in [1.29, 1.82) is 0 Å². The van der Waals surface area contributed by atoms with Gasteiger partial charge < -0.3 is 10.6 Å². The van der Waals surface area contributed by atoms with Crippen molar-refractivity contribution >= 4 is 17.5 Å². The number of anilines is 2. The Kier molecular flexibility index (Phi) is 5.48. The second kappa shape index (κ2) is 8.15. The Morgan fingerprint density at radius 2 is 1.65 bits per heavy atom. The molecule has 1 amide bonds. The number of benzene rings is 2. The first-order chi connectivity index (χ1) is 12.6. The van der Waals surface area contributed by atoms with E-state index in [1.165, 1.54) is 42.7 Å². The molecular weight excluding hydrogens is 338 g/mol. The predicted molar refractivity (Wildman–Crippen MR) is 95.0 cm³/mol. The summed E-state index contributed by atoms with van der Waals surface area (Å²) in [6, 6.07) is 12.0. The zero-order chi connectivity index (χ0) is 18.4. The van der Waals surface area contributed by atoms with Gasteiger partial charge in [-0.1, -0.05) is 18.2 Å². The molecule has 26 heavy (non-hydrogen) atoms. The molecule has 0 spiro atoms. The van der Waals surface area contributed by atoms with E-state index in [2.05, 4.69) is 20.6 Å². The molecule has 0 atom stereocenters. The molecule has 3 aromatic rings. The lowest BCUT2D eigenvalue weighted by Gasteiger charge is -2.07. The highest BCUT2D eigenvalue weighted by atomic mass is 19.1. The first-order valence-corrected chi connectivity index (χ1v) is 7.98. The Bertz CT molecular complexity index is 883. The van der Waals surface area contributed by atoms with E-state index in [4.69, 9.17) is 0 Å². The largest absolute Gasteiger partial charge is 0.354 e. The fourth-order valence-electron chi connectivity index (χ4n) is 2.28. The van der Waals surface area contributed by atoms with Crippen molar-refractivity contribution in [2.45, 2.75) is 6.42 Å². The molecule has 0 saturated heterocycles. The van der Waals surface area contributed by atoms with Gasteiger partial charge in [0, 0.05) is 24.6 Å². The highest BCUT2D eigenvalue weighted by Crippen LogP contribution is 2.11. The van der Waals surface area contributed by atoms with Gasteiger partial charge in [0.25, 0.3) is 5.91 Å². The van der Waals surface area contributed by atoms with Gasteiger partial charge in [-0.15, -0.1) is 0 Å². The predicted octanol–water partition coefficient (Wildman–Crippen LogP) is 3.66. The minimum absolute atomic E-state index is 0.247. The van der Waals surface area contributed by atoms with Crippen LogP contribution in [0.5, 0.6) is 0 Å². The zero-order valence-electron chi connectivity index (χ0n) is 13.7. The fourth-order valence-corrected chi connectivity index (χ4v) is 2.28. The van der Waals surface area contributed by atoms with E-state index in [0.29, 0.717) is 30.2 Å². The van der Waals surface area contributed by atoms with E-state index in [1.54, 1.807) is 18.2 Å². The smallest absolute Gasteiger partial charge is 0.258 e. The first-order valence-electron chi connectivity index (χ1n) is 7.98. The number of hydrogen-bond donors (Lipinski definition) is 2. The van der Waals surface area contributed by atoms with Gasteiger partial charge >= 0.3 is 0 Å². The molecule has 0 fully saturated rings. The van der Waals surface area contributed by atoms with E-state index >= 15 is 0 Å². The number of nitrogens with zero attached hydrogens (tertiary/aromatic N) is 2. The Labute approximate surface area is 149 Å². The third-order valence-electron chi connectivity index (χ3n) is 3.65. The monoisotopic (exact) mass is 354 g/mol. The van der Waals surface area contributed by atoms with Gasteiger partial charge in [0.15, 0.2) is 0 Å². The van der Waals surface area contributed by atoms with E-state index in [1.807, 2.05) is 0 Å². The zero-order valence-corrected chi connectivity index (χ0v) is 13.7. The quantitative estimate of drug-likeness (QED) is 0.709. The summed E-state index contributed by atoms with van der Waals surface area (Å²) in [5, 5.41) is 5.61. The number of halogens is 2. The summed E-state index contributed by atoms with van der Waals surface area (Å²) in [6.07, 6.45) is 3.26. The fraction of sp³-hybridized carbons (Fsp3) is 0.105. The van der Waals surface area contributed by atoms with Crippen LogP contribution in [0, 0.1) is 11.6 Å². The van der Waals surface area contributed by atoms with Crippen molar-refractivity contribution in [1.82, 2.24) is 9.97 Å². The van der Waals surface area contributed by atoms with Crippen LogP contribution in [0.1, 0.15) is 15.9 Å². The molecule has 0 radical (unpaired) electrons. The summed E-state index contributed by atoms with van der Waals surface area (Å²) in [4.78, 5) is 20.2. The number of amides is 1. The van der Waals surface area contributed by atoms with Gasteiger partial charge in [-0.05, 0) is 42.3 Å². The number of nitrogens with one attached hydrogen (secondary N) is 2. The normalized spacial score (nSPS) is 10.4. The Morgan fingerprint density at radius 3 is 2.35 bits per heavy atom. The number of hydrogen-bond acceptors (Lipinski definition) is 4. The summed E-state index contributed by atoms with van der Waals surface area (Å²) in [5.41, 5.74) is 1.35. The third-order valence-corrected chi connectivity index (χ3v) is 3.65. The molecular formula is C19H16F2N4O. The summed E-state index contributed by atoms with van der Waals surface area (Å²) < 4.78 is 26.4. The average molecular weight is 354 g/mol. The number of aromatic nitrogens is 2. The standard InChI is InChI=1S/C19H16F2N4O/c20-15-5-7-16(8-6-15)25-18(26)14-11-23-19(24-12-14)22-10-9-13-3-1-2-4-17(13)21/h1-8,11-12H,9-10H2,(H,25,26)(H,22,23,24). The van der Waals surface area contributed by atoms with Gasteiger partial charge in [0.1, 0.15) is 11.6 Å². The van der Waals surface area contributed by atoms with Crippen LogP contribution in [0.25, 0.3) is 0 Å². The van der Waals surface area contributed by atoms with Crippen LogP contribution < -0.4 is 10.6 Å². The van der Waals surface area contributed by atoms with Crippen molar-refractivity contribution in [3.8, 4) is 0 Å². The molecule has 0 bridgehead atoms. The molecule has 132 valence electrons. The maximum atomic E-state index is 13.5. The van der Waals surface area contributed by atoms with E-state index in [-0.39, 0.29) is 17.2 Å². The molecule has 5 nitrogen and oxygen atoms in total. The van der Waals surface area contributed by atoms with Crippen LogP contribution >= 0.6 is 0 Å². The van der Waals surface area contributed by atoms with Gasteiger partial charge in [-0.3, -0.25) is 4.79 Å². The Morgan fingerprint density at radius 1 is 0.962 bits per heavy atom. The summed E-state index contributed by atoms with van der Waals surface area (Å²) in [6.45, 7) is 0.460. The molecule has 0 unspecified atom stereocenters. The van der Waals surface area contributed by atoms with Gasteiger partial charge in [-0.2, -0.15) is 0 Å². The lowest BCUT2D eigenvalue weighted by molar-refractivity contribution is 0.102. The van der Waals surface area contributed by atoms with E-state index < -0.39 is 5.91 Å². The van der Waals surface area contributed by atoms with Gasteiger partial charge in [0.05, 0.1) is 5.56 Å². The van der Waals surface area contributed by atoms with Crippen LogP contribution in [0.4, 0.5) is 20.4 Å². The Hall–Kier alpha value is -3.35. The Balaban J connectivity index is 1.53. The van der Waals surface area contributed by atoms with Crippen LogP contribution in [-0.4, -0.2) is 22.4 Å². The maximum Gasteiger partial charge on any atom is 0.258 e. The van der Waals surface area contributed by atoms with Crippen LogP contribution in [0.3, 0.4) is 0 Å². The lowest BCUT2D eigenvalue weighted by Crippen LogP contribution is -2.14. The van der Waals surface area contributed by atoms with Crippen molar-refractivity contribution in [2.75, 3.05) is 17.2 Å². The van der Waals surface area contributed by atoms with Crippen molar-refractivity contribution in [2.24, 2.45) is 0 Å². The molecule has 3 rings (SSSR count). The van der Waals surface area contributed by atoms with Crippen molar-refractivity contribution < 1.29 is 13.6 Å². The van der Waals surface area contributed by atoms with E-state index in [0.717, 1.165) is 0 Å². The third kappa shape index (κ3) is 4.60. The minimum atomic E-state index is -0.394. The second-order valence-corrected chi connectivity index (χ2v) is 5.52. The molecule has 1 aromatic heterocycles. The molecule has 2 N–H and O–H groups in total. The average Bonchev–Trinajstić information content (AvgIpc) is 2.66. The molecule has 2 aromatic carbocycles. The summed E-state index contributed by atoms with van der Waals surface area (Å²) in [5.74, 6) is -0.672. The van der Waals surface area contributed by atoms with Crippen LogP contribution in [0.15, 0.2) is 60.9 Å². The van der Waals surface area contributed by atoms with Crippen molar-refractivity contribution in [3.05, 3.63) is 83.7 Å². The number of rotatable bonds is 6. The molecule has 1 heterocycles. The highest BCUT2D eigenvalue weighted by molar-refractivity contribution is 6.03. The molecule has 7 heteroatoms. The van der Waals surface area contributed by atoms with Gasteiger partial charge in [-0.25, -0.2) is 18.7 Å². The molecule has 0 aliphatic carbocycles. The maximum absolute atomic E-state index is 13.5. The highest BCUT2D eigenvalue weighted by Gasteiger charge is 2.08. The van der Waals surface area contributed by atoms with Gasteiger partial charge in [0.2, 0.25) is 5.95 Å². The van der Waals surface area contributed by atoms with Crippen LogP contribution in [0.2, 0.25) is 0 Å². The SMILES string of the molecule is O=C(Nc1ccc(F)cc1)c1cnc(NCCc2ccccc2F)nc1. The van der Waals surface area contributed by atoms with E-state index in [9.17, 15) is 13.6 Å². The summed E-state index contributed by atoms with van der Waals surface area (Å²) in [7, 11) is 0. The molecule has 0 aliphatic rings. The molecule has 0 aliphatic heterocycles. The molecule has 0 saturated carbocycles. The number of carbonyl (C=O) groups excluding carboxylic acids is 1. The van der Waals surface area contributed by atoms with Crippen LogP contribution in [-0.2, 0) is 6.42 Å². The minimum Gasteiger partial charge on any atom is -0.354 e. The summed E-state index contributed by atoms with van der Waals surface area (Å²) >= 11 is 0. The first kappa shape index (κ1) is 17.5. The van der Waals surface area contributed by atoms with Crippen molar-refractivity contribution in [3.63, 3.8) is 0 Å². The topological polar surface area (TPSA) is 66.9 Å². The number of carbonyl (C=O) groups is 1. The lowest BCUT2D eigenvalue weighted by atomic mass is 10.1. The second-order valence-electron chi connectivity index (χ2n) is 5.52.